The number of esters is 1. The summed E-state index contributed by atoms with van der Waals surface area (Å²) in [7, 11) is 0. The first-order valence-corrected chi connectivity index (χ1v) is 7.43. The third-order valence-corrected chi connectivity index (χ3v) is 4.16. The van der Waals surface area contributed by atoms with Gasteiger partial charge < -0.3 is 4.74 Å². The van der Waals surface area contributed by atoms with E-state index in [1.54, 1.807) is 0 Å². The molecular weight excluding hydrogens is 264 g/mol. The van der Waals surface area contributed by atoms with Crippen molar-refractivity contribution in [3.05, 3.63) is 48.0 Å². The zero-order valence-corrected chi connectivity index (χ0v) is 12.6. The number of ether oxygens (including phenoxy) is 1. The molecule has 0 aliphatic heterocycles. The van der Waals surface area contributed by atoms with E-state index < -0.39 is 5.41 Å². The van der Waals surface area contributed by atoms with Gasteiger partial charge in [-0.2, -0.15) is 0 Å². The van der Waals surface area contributed by atoms with E-state index >= 15 is 0 Å². The standard InChI is InChI=1S/C18H22O3/c1-14-8-6-7-11-18(14,12-15(2)19)17(20)21-13-16-9-4-3-5-10-16/h3-5,9-10H,1,6-8,11-13H2,2H3. The first-order valence-electron chi connectivity index (χ1n) is 7.43. The molecule has 112 valence electrons. The number of carbonyl (C=O) groups excluding carboxylic acids is 2. The minimum absolute atomic E-state index is 0.00899. The number of ketones is 1. The van der Waals surface area contributed by atoms with Gasteiger partial charge in [-0.05, 0) is 31.7 Å². The summed E-state index contributed by atoms with van der Waals surface area (Å²) in [5, 5.41) is 0. The Hall–Kier alpha value is -1.90. The molecule has 1 unspecified atom stereocenters. The number of hydrogen-bond acceptors (Lipinski definition) is 3. The molecule has 0 aromatic heterocycles. The molecule has 0 bridgehead atoms. The largest absolute Gasteiger partial charge is 0.460 e. The minimum Gasteiger partial charge on any atom is -0.460 e. The summed E-state index contributed by atoms with van der Waals surface area (Å²) in [6.07, 6.45) is 3.64. The van der Waals surface area contributed by atoms with Gasteiger partial charge in [-0.25, -0.2) is 0 Å². The molecule has 0 saturated heterocycles. The van der Waals surface area contributed by atoms with E-state index in [1.165, 1.54) is 6.92 Å². The normalized spacial score (nSPS) is 21.9. The Bertz CT molecular complexity index is 533. The van der Waals surface area contributed by atoms with Crippen LogP contribution < -0.4 is 0 Å². The van der Waals surface area contributed by atoms with Crippen molar-refractivity contribution in [3.8, 4) is 0 Å². The SMILES string of the molecule is C=C1CCCCC1(CC(C)=O)C(=O)OCc1ccccc1. The van der Waals surface area contributed by atoms with Crippen molar-refractivity contribution >= 4 is 11.8 Å². The molecule has 0 spiro atoms. The van der Waals surface area contributed by atoms with Gasteiger partial charge in [-0.1, -0.05) is 48.9 Å². The Balaban J connectivity index is 2.11. The van der Waals surface area contributed by atoms with E-state index in [2.05, 4.69) is 6.58 Å². The minimum atomic E-state index is -0.807. The van der Waals surface area contributed by atoms with Gasteiger partial charge in [0.2, 0.25) is 0 Å². The topological polar surface area (TPSA) is 43.4 Å². The smallest absolute Gasteiger partial charge is 0.316 e. The van der Waals surface area contributed by atoms with Crippen molar-refractivity contribution in [3.63, 3.8) is 0 Å². The molecule has 0 heterocycles. The molecular formula is C18H22O3. The summed E-state index contributed by atoms with van der Waals surface area (Å²) in [5.74, 6) is -0.291. The second-order valence-corrected chi connectivity index (χ2v) is 5.83. The van der Waals surface area contributed by atoms with Crippen LogP contribution in [0.4, 0.5) is 0 Å². The quantitative estimate of drug-likeness (QED) is 0.610. The number of rotatable bonds is 5. The molecule has 1 aromatic rings. The Morgan fingerprint density at radius 3 is 2.57 bits per heavy atom. The highest BCUT2D eigenvalue weighted by atomic mass is 16.5. The summed E-state index contributed by atoms with van der Waals surface area (Å²) < 4.78 is 5.49. The lowest BCUT2D eigenvalue weighted by Gasteiger charge is -2.36. The summed E-state index contributed by atoms with van der Waals surface area (Å²) in [6.45, 7) is 5.81. The Labute approximate surface area is 126 Å². The Morgan fingerprint density at radius 2 is 1.95 bits per heavy atom. The zero-order chi connectivity index (χ0) is 15.3. The van der Waals surface area contributed by atoms with E-state index in [-0.39, 0.29) is 24.8 Å². The van der Waals surface area contributed by atoms with E-state index in [4.69, 9.17) is 4.74 Å². The summed E-state index contributed by atoms with van der Waals surface area (Å²) in [6, 6.07) is 9.58. The van der Waals surface area contributed by atoms with Crippen LogP contribution in [0.3, 0.4) is 0 Å². The average Bonchev–Trinajstić information content (AvgIpc) is 2.48. The maximum atomic E-state index is 12.6. The first-order chi connectivity index (χ1) is 10.0. The number of Topliss-reactive ketones (excluding diaryl/α,β-unsaturated/α-hetero) is 1. The predicted molar refractivity (Wildman–Crippen MR) is 81.6 cm³/mol. The molecule has 1 fully saturated rings. The third-order valence-electron chi connectivity index (χ3n) is 4.16. The zero-order valence-electron chi connectivity index (χ0n) is 12.6. The van der Waals surface area contributed by atoms with Crippen LogP contribution in [0.2, 0.25) is 0 Å². The number of benzene rings is 1. The fourth-order valence-corrected chi connectivity index (χ4v) is 3.00. The Kier molecular flexibility index (Phi) is 4.94. The lowest BCUT2D eigenvalue weighted by atomic mass is 9.68. The van der Waals surface area contributed by atoms with Gasteiger partial charge in [0, 0.05) is 6.42 Å². The van der Waals surface area contributed by atoms with E-state index in [0.717, 1.165) is 30.4 Å². The lowest BCUT2D eigenvalue weighted by Crippen LogP contribution is -2.38. The molecule has 3 nitrogen and oxygen atoms in total. The van der Waals surface area contributed by atoms with E-state index in [0.29, 0.717) is 6.42 Å². The molecule has 1 aromatic carbocycles. The molecule has 0 N–H and O–H groups in total. The first kappa shape index (κ1) is 15.5. The summed E-state index contributed by atoms with van der Waals surface area (Å²) >= 11 is 0. The third kappa shape index (κ3) is 3.60. The van der Waals surface area contributed by atoms with Gasteiger partial charge in [0.15, 0.2) is 0 Å². The van der Waals surface area contributed by atoms with Gasteiger partial charge in [0.25, 0.3) is 0 Å². The molecule has 2 rings (SSSR count). The van der Waals surface area contributed by atoms with Crippen LogP contribution in [0.15, 0.2) is 42.5 Å². The summed E-state index contributed by atoms with van der Waals surface area (Å²) in [4.78, 5) is 24.2. The van der Waals surface area contributed by atoms with Gasteiger partial charge in [0.05, 0.1) is 5.41 Å². The maximum Gasteiger partial charge on any atom is 0.316 e. The molecule has 0 amide bonds. The number of hydrogen-bond donors (Lipinski definition) is 0. The molecule has 1 aliphatic rings. The summed E-state index contributed by atoms with van der Waals surface area (Å²) in [5.41, 5.74) is 0.992. The molecule has 3 heteroatoms. The van der Waals surface area contributed by atoms with Crippen LogP contribution in [0.25, 0.3) is 0 Å². The maximum absolute atomic E-state index is 12.6. The van der Waals surface area contributed by atoms with Gasteiger partial charge in [-0.3, -0.25) is 9.59 Å². The van der Waals surface area contributed by atoms with Crippen LogP contribution in [-0.2, 0) is 20.9 Å². The van der Waals surface area contributed by atoms with Crippen LogP contribution in [-0.4, -0.2) is 11.8 Å². The molecule has 21 heavy (non-hydrogen) atoms. The molecule has 1 saturated carbocycles. The van der Waals surface area contributed by atoms with Crippen molar-refractivity contribution in [1.82, 2.24) is 0 Å². The fourth-order valence-electron chi connectivity index (χ4n) is 3.00. The van der Waals surface area contributed by atoms with Crippen molar-refractivity contribution in [1.29, 1.82) is 0 Å². The van der Waals surface area contributed by atoms with Crippen molar-refractivity contribution in [2.24, 2.45) is 5.41 Å². The van der Waals surface area contributed by atoms with Crippen LogP contribution in [0.5, 0.6) is 0 Å². The molecule has 0 radical (unpaired) electrons. The lowest BCUT2D eigenvalue weighted by molar-refractivity contribution is -0.158. The van der Waals surface area contributed by atoms with E-state index in [1.807, 2.05) is 30.3 Å². The van der Waals surface area contributed by atoms with Gasteiger partial charge in [0.1, 0.15) is 12.4 Å². The highest BCUT2D eigenvalue weighted by Crippen LogP contribution is 2.44. The van der Waals surface area contributed by atoms with Crippen molar-refractivity contribution in [2.45, 2.75) is 45.6 Å². The van der Waals surface area contributed by atoms with Crippen LogP contribution >= 0.6 is 0 Å². The van der Waals surface area contributed by atoms with Gasteiger partial charge >= 0.3 is 5.97 Å². The van der Waals surface area contributed by atoms with Crippen LogP contribution in [0.1, 0.15) is 44.6 Å². The van der Waals surface area contributed by atoms with Crippen LogP contribution in [0, 0.1) is 5.41 Å². The van der Waals surface area contributed by atoms with Crippen molar-refractivity contribution in [2.75, 3.05) is 0 Å². The average molecular weight is 286 g/mol. The highest BCUT2D eigenvalue weighted by Gasteiger charge is 2.44. The predicted octanol–water partition coefficient (Wildman–Crippen LogP) is 3.83. The second kappa shape index (κ2) is 6.70. The highest BCUT2D eigenvalue weighted by molar-refractivity contribution is 5.88. The van der Waals surface area contributed by atoms with Gasteiger partial charge in [-0.15, -0.1) is 0 Å². The Morgan fingerprint density at radius 1 is 1.24 bits per heavy atom. The number of carbonyl (C=O) groups is 2. The van der Waals surface area contributed by atoms with E-state index in [9.17, 15) is 9.59 Å². The second-order valence-electron chi connectivity index (χ2n) is 5.83. The molecule has 1 atom stereocenters. The monoisotopic (exact) mass is 286 g/mol. The fraction of sp³-hybridized carbons (Fsp3) is 0.444. The molecule has 1 aliphatic carbocycles. The van der Waals surface area contributed by atoms with Crippen molar-refractivity contribution < 1.29 is 14.3 Å².